The Hall–Kier alpha value is -5.65. The van der Waals surface area contributed by atoms with Crippen LogP contribution in [0.1, 0.15) is 16.7 Å². The van der Waals surface area contributed by atoms with Crippen molar-refractivity contribution in [2.24, 2.45) is 0 Å². The van der Waals surface area contributed by atoms with Crippen LogP contribution in [0.4, 0.5) is 0 Å². The van der Waals surface area contributed by atoms with Crippen molar-refractivity contribution in [2.45, 2.75) is 12.5 Å². The highest BCUT2D eigenvalue weighted by Crippen LogP contribution is 2.31. The van der Waals surface area contributed by atoms with Gasteiger partial charge in [-0.15, -0.1) is 0 Å². The number of phenols is 5. The van der Waals surface area contributed by atoms with Crippen molar-refractivity contribution in [3.63, 3.8) is 0 Å². The van der Waals surface area contributed by atoms with Gasteiger partial charge in [-0.25, -0.2) is 14.4 Å². The lowest BCUT2D eigenvalue weighted by molar-refractivity contribution is -0.160. The van der Waals surface area contributed by atoms with Gasteiger partial charge in [0.05, 0.1) is 0 Å². The van der Waals surface area contributed by atoms with Gasteiger partial charge in [0.2, 0.25) is 11.9 Å². The Morgan fingerprint density at radius 2 is 1.36 bits per heavy atom. The van der Waals surface area contributed by atoms with Gasteiger partial charge in [0.1, 0.15) is 0 Å². The second-order valence-corrected chi connectivity index (χ2v) is 8.02. The third-order valence-electron chi connectivity index (χ3n) is 5.12. The maximum absolute atomic E-state index is 12.2. The highest BCUT2D eigenvalue weighted by Gasteiger charge is 2.22. The molecule has 0 aliphatic rings. The van der Waals surface area contributed by atoms with E-state index in [-0.39, 0.29) is 23.3 Å². The molecule has 0 radical (unpaired) electrons. The number of phenolic OH excluding ortho intramolecular Hbond substituents is 5. The summed E-state index contributed by atoms with van der Waals surface area (Å²) < 4.78 is 10.3. The van der Waals surface area contributed by atoms with Crippen LogP contribution in [0.25, 0.3) is 12.2 Å². The fourth-order valence-corrected chi connectivity index (χ4v) is 3.18. The van der Waals surface area contributed by atoms with Crippen molar-refractivity contribution >= 4 is 30.1 Å². The third-order valence-corrected chi connectivity index (χ3v) is 5.12. The predicted molar refractivity (Wildman–Crippen MR) is 134 cm³/mol. The molecule has 3 rings (SSSR count). The minimum Gasteiger partial charge on any atom is -0.504 e. The molecule has 0 unspecified atom stereocenters. The molecule has 3 aromatic carbocycles. The van der Waals surface area contributed by atoms with Crippen molar-refractivity contribution in [3.8, 4) is 34.5 Å². The van der Waals surface area contributed by atoms with Gasteiger partial charge < -0.3 is 45.2 Å². The van der Waals surface area contributed by atoms with Crippen molar-refractivity contribution in [2.75, 3.05) is 0 Å². The molecule has 202 valence electrons. The molecule has 0 heterocycles. The molecule has 12 heteroatoms. The first-order valence-electron chi connectivity index (χ1n) is 11.0. The molecule has 0 saturated carbocycles. The fourth-order valence-electron chi connectivity index (χ4n) is 3.18. The smallest absolute Gasteiger partial charge is 0.371 e. The molecule has 0 spiro atoms. The Bertz CT molecular complexity index is 1470. The number of aliphatic carboxylic acids is 2. The number of hydrogen-bond donors (Lipinski definition) is 7. The van der Waals surface area contributed by atoms with Crippen LogP contribution in [-0.4, -0.2) is 59.8 Å². The second-order valence-electron chi connectivity index (χ2n) is 8.02. The van der Waals surface area contributed by atoms with Gasteiger partial charge in [0.15, 0.2) is 34.5 Å². The maximum atomic E-state index is 12.2. The number of carboxylic acid groups (broad SMARTS) is 2. The van der Waals surface area contributed by atoms with Crippen LogP contribution in [0.15, 0.2) is 66.4 Å². The molecule has 0 aliphatic heterocycles. The monoisotopic (exact) mass is 538 g/mol. The zero-order valence-corrected chi connectivity index (χ0v) is 19.9. The number of rotatable bonds is 10. The van der Waals surface area contributed by atoms with Crippen molar-refractivity contribution in [1.82, 2.24) is 0 Å². The molecule has 12 nitrogen and oxygen atoms in total. The molecule has 0 bridgehead atoms. The van der Waals surface area contributed by atoms with Crippen molar-refractivity contribution in [1.29, 1.82) is 0 Å². The van der Waals surface area contributed by atoms with Crippen LogP contribution < -0.4 is 4.74 Å². The zero-order chi connectivity index (χ0) is 28.7. The number of benzene rings is 3. The van der Waals surface area contributed by atoms with Crippen LogP contribution in [-0.2, 0) is 25.5 Å². The topological polar surface area (TPSA) is 211 Å². The molecule has 3 aromatic rings. The number of carboxylic acids is 2. The summed E-state index contributed by atoms with van der Waals surface area (Å²) in [7, 11) is 0. The number of ether oxygens (including phenoxy) is 2. The molecular formula is C27H22O12. The van der Waals surface area contributed by atoms with Gasteiger partial charge in [-0.1, -0.05) is 18.2 Å². The van der Waals surface area contributed by atoms with E-state index in [4.69, 9.17) is 9.47 Å². The van der Waals surface area contributed by atoms with E-state index in [1.54, 1.807) is 0 Å². The van der Waals surface area contributed by atoms with E-state index >= 15 is 0 Å². The average molecular weight is 538 g/mol. The van der Waals surface area contributed by atoms with E-state index in [0.717, 1.165) is 36.4 Å². The van der Waals surface area contributed by atoms with Crippen LogP contribution >= 0.6 is 0 Å². The zero-order valence-electron chi connectivity index (χ0n) is 19.9. The summed E-state index contributed by atoms with van der Waals surface area (Å²) in [5, 5.41) is 66.9. The molecule has 0 fully saturated rings. The lowest BCUT2D eigenvalue weighted by Crippen LogP contribution is -2.28. The normalized spacial score (nSPS) is 12.2. The quantitative estimate of drug-likeness (QED) is 0.0859. The van der Waals surface area contributed by atoms with Gasteiger partial charge in [-0.2, -0.15) is 0 Å². The summed E-state index contributed by atoms with van der Waals surface area (Å²) in [6, 6.07) is 11.0. The summed E-state index contributed by atoms with van der Waals surface area (Å²) in [4.78, 5) is 35.4. The first-order chi connectivity index (χ1) is 18.4. The fraction of sp³-hybridized carbons (Fsp3) is 0.0741. The Labute approximate surface area is 220 Å². The molecule has 39 heavy (non-hydrogen) atoms. The SMILES string of the molecule is O=C(C=Cc1ccc(O)c(OC(=Cc2ccc(O)c(O)c2)C(=O)O)c1)O[C@H](Cc1ccc(O)c(O)c1)C(=O)O. The Morgan fingerprint density at radius 3 is 1.97 bits per heavy atom. The lowest BCUT2D eigenvalue weighted by atomic mass is 10.1. The van der Waals surface area contributed by atoms with Crippen molar-refractivity contribution < 1.29 is 59.6 Å². The summed E-state index contributed by atoms with van der Waals surface area (Å²) in [6.45, 7) is 0. The van der Waals surface area contributed by atoms with E-state index < -0.39 is 58.5 Å². The standard InChI is InChI=1S/C27H22O12/c28-17-5-2-15(9-20(17)31)12-23(26(34)35)38-22-11-14(1-7-19(22)30)4-8-25(33)39-24(27(36)37)13-16-3-6-18(29)21(32)10-16/h1-12,24,28-32H,13H2,(H,34,35)(H,36,37)/t24-/m1/s1. The number of carbonyl (C=O) groups is 3. The van der Waals surface area contributed by atoms with Gasteiger partial charge in [0.25, 0.3) is 0 Å². The van der Waals surface area contributed by atoms with E-state index in [0.29, 0.717) is 5.56 Å². The van der Waals surface area contributed by atoms with Gasteiger partial charge in [-0.05, 0) is 65.2 Å². The Morgan fingerprint density at radius 1 is 0.744 bits per heavy atom. The molecule has 1 atom stereocenters. The molecule has 7 N–H and O–H groups in total. The molecule has 0 saturated heterocycles. The van der Waals surface area contributed by atoms with E-state index in [2.05, 4.69) is 0 Å². The van der Waals surface area contributed by atoms with Crippen LogP contribution in [0.5, 0.6) is 34.5 Å². The van der Waals surface area contributed by atoms with Crippen LogP contribution in [0.3, 0.4) is 0 Å². The number of aromatic hydroxyl groups is 5. The molecular weight excluding hydrogens is 516 g/mol. The van der Waals surface area contributed by atoms with E-state index in [1.165, 1.54) is 36.4 Å². The van der Waals surface area contributed by atoms with Crippen LogP contribution in [0.2, 0.25) is 0 Å². The van der Waals surface area contributed by atoms with Gasteiger partial charge in [-0.3, -0.25) is 0 Å². The number of carbonyl (C=O) groups excluding carboxylic acids is 1. The minimum absolute atomic E-state index is 0.177. The first-order valence-corrected chi connectivity index (χ1v) is 11.0. The van der Waals surface area contributed by atoms with E-state index in [1.807, 2.05) is 0 Å². The van der Waals surface area contributed by atoms with Gasteiger partial charge in [0, 0.05) is 12.5 Å². The van der Waals surface area contributed by atoms with E-state index in [9.17, 15) is 50.1 Å². The number of esters is 1. The van der Waals surface area contributed by atoms with Gasteiger partial charge >= 0.3 is 17.9 Å². The summed E-state index contributed by atoms with van der Waals surface area (Å²) in [5.74, 6) is -7.09. The Balaban J connectivity index is 1.74. The summed E-state index contributed by atoms with van der Waals surface area (Å²) >= 11 is 0. The molecule has 0 amide bonds. The highest BCUT2D eigenvalue weighted by atomic mass is 16.6. The molecule has 0 aliphatic carbocycles. The van der Waals surface area contributed by atoms with Crippen molar-refractivity contribution in [3.05, 3.63) is 83.1 Å². The average Bonchev–Trinajstić information content (AvgIpc) is 2.87. The lowest BCUT2D eigenvalue weighted by Gasteiger charge is -2.13. The predicted octanol–water partition coefficient (Wildman–Crippen LogP) is 2.97. The third kappa shape index (κ3) is 7.67. The minimum atomic E-state index is -1.60. The largest absolute Gasteiger partial charge is 0.504 e. The highest BCUT2D eigenvalue weighted by molar-refractivity contribution is 5.91. The maximum Gasteiger partial charge on any atom is 0.371 e. The second kappa shape index (κ2) is 12.1. The number of hydrogen-bond acceptors (Lipinski definition) is 10. The first kappa shape index (κ1) is 27.9. The Kier molecular flexibility index (Phi) is 8.64. The summed E-state index contributed by atoms with van der Waals surface area (Å²) in [5.41, 5.74) is 0.721. The molecule has 0 aromatic heterocycles. The van der Waals surface area contributed by atoms with Crippen LogP contribution in [0, 0.1) is 0 Å². The summed E-state index contributed by atoms with van der Waals surface area (Å²) in [6.07, 6.45) is 1.27.